The van der Waals surface area contributed by atoms with Crippen LogP contribution in [0.5, 0.6) is 0 Å². The Labute approximate surface area is 87.9 Å². The maximum absolute atomic E-state index is 10.5. The van der Waals surface area contributed by atoms with Crippen LogP contribution < -0.4 is 5.73 Å². The van der Waals surface area contributed by atoms with E-state index in [0.717, 1.165) is 25.7 Å². The van der Waals surface area contributed by atoms with Crippen LogP contribution >= 0.6 is 0 Å². The Kier molecular flexibility index (Phi) is 4.90. The normalized spacial score (nSPS) is 33.2. The fourth-order valence-corrected chi connectivity index (χ4v) is 2.64. The van der Waals surface area contributed by atoms with Crippen molar-refractivity contribution < 1.29 is 5.11 Å². The Hall–Kier alpha value is -0.0800. The molecule has 0 aromatic heterocycles. The Morgan fingerprint density at radius 2 is 2.14 bits per heavy atom. The van der Waals surface area contributed by atoms with Gasteiger partial charge < -0.3 is 10.8 Å². The summed E-state index contributed by atoms with van der Waals surface area (Å²) >= 11 is 0. The number of aliphatic hydroxyl groups is 1. The van der Waals surface area contributed by atoms with Gasteiger partial charge in [-0.15, -0.1) is 0 Å². The van der Waals surface area contributed by atoms with Gasteiger partial charge >= 0.3 is 0 Å². The van der Waals surface area contributed by atoms with Crippen LogP contribution in [-0.2, 0) is 0 Å². The molecule has 1 aliphatic rings. The van der Waals surface area contributed by atoms with Crippen molar-refractivity contribution in [1.29, 1.82) is 0 Å². The lowest BCUT2D eigenvalue weighted by molar-refractivity contribution is -0.0529. The molecule has 1 fully saturated rings. The zero-order valence-corrected chi connectivity index (χ0v) is 9.47. The van der Waals surface area contributed by atoms with Crippen molar-refractivity contribution in [2.75, 3.05) is 6.54 Å². The third-order valence-corrected chi connectivity index (χ3v) is 3.67. The molecule has 0 amide bonds. The summed E-state index contributed by atoms with van der Waals surface area (Å²) in [5.41, 5.74) is 5.29. The van der Waals surface area contributed by atoms with Crippen LogP contribution in [0.25, 0.3) is 0 Å². The summed E-state index contributed by atoms with van der Waals surface area (Å²) in [5.74, 6) is 0.355. The van der Waals surface area contributed by atoms with E-state index in [-0.39, 0.29) is 0 Å². The lowest BCUT2D eigenvalue weighted by Crippen LogP contribution is -2.44. The summed E-state index contributed by atoms with van der Waals surface area (Å²) in [4.78, 5) is 0. The summed E-state index contributed by atoms with van der Waals surface area (Å²) in [5, 5.41) is 10.5. The molecule has 1 aliphatic carbocycles. The molecular formula is C12H25NO. The minimum Gasteiger partial charge on any atom is -0.390 e. The Morgan fingerprint density at radius 1 is 1.36 bits per heavy atom. The minimum absolute atomic E-state index is 0.355. The quantitative estimate of drug-likeness (QED) is 0.668. The van der Waals surface area contributed by atoms with Crippen LogP contribution in [0.1, 0.15) is 58.3 Å². The fraction of sp³-hybridized carbons (Fsp3) is 1.00. The zero-order chi connectivity index (χ0) is 10.4. The van der Waals surface area contributed by atoms with E-state index in [4.69, 9.17) is 5.73 Å². The standard InChI is InChI=1S/C12H25NO/c1-2-3-5-8-12(14)9-6-4-7-11(12)10-13/h11,14H,2-10,13H2,1H3. The molecule has 0 bridgehead atoms. The van der Waals surface area contributed by atoms with Crippen molar-refractivity contribution in [1.82, 2.24) is 0 Å². The van der Waals surface area contributed by atoms with Gasteiger partial charge in [0, 0.05) is 0 Å². The number of rotatable bonds is 5. The lowest BCUT2D eigenvalue weighted by Gasteiger charge is -2.39. The molecule has 2 nitrogen and oxygen atoms in total. The van der Waals surface area contributed by atoms with E-state index in [1.54, 1.807) is 0 Å². The van der Waals surface area contributed by atoms with Gasteiger partial charge in [-0.1, -0.05) is 39.0 Å². The predicted molar refractivity (Wildman–Crippen MR) is 60.1 cm³/mol. The van der Waals surface area contributed by atoms with Crippen molar-refractivity contribution in [3.63, 3.8) is 0 Å². The first-order valence-electron chi connectivity index (χ1n) is 6.15. The molecule has 0 heterocycles. The van der Waals surface area contributed by atoms with Gasteiger partial charge in [0.1, 0.15) is 0 Å². The molecule has 2 heteroatoms. The number of nitrogens with two attached hydrogens (primary N) is 1. The van der Waals surface area contributed by atoms with Gasteiger partial charge in [-0.05, 0) is 31.7 Å². The van der Waals surface area contributed by atoms with Gasteiger partial charge in [-0.3, -0.25) is 0 Å². The molecule has 0 spiro atoms. The van der Waals surface area contributed by atoms with Gasteiger partial charge in [0.2, 0.25) is 0 Å². The predicted octanol–water partition coefficient (Wildman–Crippen LogP) is 2.45. The van der Waals surface area contributed by atoms with Crippen molar-refractivity contribution in [2.24, 2.45) is 11.7 Å². The molecule has 1 rings (SSSR count). The summed E-state index contributed by atoms with van der Waals surface area (Å²) in [6.45, 7) is 2.86. The molecule has 3 N–H and O–H groups in total. The Morgan fingerprint density at radius 3 is 2.79 bits per heavy atom. The monoisotopic (exact) mass is 199 g/mol. The SMILES string of the molecule is CCCCCC1(O)CCCCC1CN. The number of hydrogen-bond acceptors (Lipinski definition) is 2. The third-order valence-electron chi connectivity index (χ3n) is 3.67. The van der Waals surface area contributed by atoms with Gasteiger partial charge in [0.15, 0.2) is 0 Å². The van der Waals surface area contributed by atoms with Gasteiger partial charge in [-0.2, -0.15) is 0 Å². The first kappa shape index (κ1) is 12.0. The minimum atomic E-state index is -0.428. The van der Waals surface area contributed by atoms with E-state index in [0.29, 0.717) is 12.5 Å². The maximum atomic E-state index is 10.5. The van der Waals surface area contributed by atoms with E-state index in [2.05, 4.69) is 6.92 Å². The second-order valence-electron chi connectivity index (χ2n) is 4.74. The molecule has 14 heavy (non-hydrogen) atoms. The molecule has 1 saturated carbocycles. The van der Waals surface area contributed by atoms with Crippen molar-refractivity contribution in [3.05, 3.63) is 0 Å². The molecule has 0 radical (unpaired) electrons. The molecular weight excluding hydrogens is 174 g/mol. The smallest absolute Gasteiger partial charge is 0.0687 e. The highest BCUT2D eigenvalue weighted by atomic mass is 16.3. The second kappa shape index (κ2) is 5.72. The highest BCUT2D eigenvalue weighted by Crippen LogP contribution is 2.36. The van der Waals surface area contributed by atoms with Gasteiger partial charge in [0.05, 0.1) is 5.60 Å². The average Bonchev–Trinajstić information content (AvgIpc) is 2.19. The van der Waals surface area contributed by atoms with E-state index in [9.17, 15) is 5.11 Å². The Balaban J connectivity index is 2.41. The number of unbranched alkanes of at least 4 members (excludes halogenated alkanes) is 2. The molecule has 84 valence electrons. The average molecular weight is 199 g/mol. The molecule has 0 aliphatic heterocycles. The van der Waals surface area contributed by atoms with Crippen LogP contribution in [0.2, 0.25) is 0 Å². The fourth-order valence-electron chi connectivity index (χ4n) is 2.64. The van der Waals surface area contributed by atoms with E-state index < -0.39 is 5.60 Å². The highest BCUT2D eigenvalue weighted by Gasteiger charge is 2.36. The van der Waals surface area contributed by atoms with Crippen molar-refractivity contribution in [3.8, 4) is 0 Å². The van der Waals surface area contributed by atoms with Gasteiger partial charge in [0.25, 0.3) is 0 Å². The molecule has 0 aromatic rings. The molecule has 2 unspecified atom stereocenters. The lowest BCUT2D eigenvalue weighted by atomic mass is 9.73. The van der Waals surface area contributed by atoms with E-state index in [1.807, 2.05) is 0 Å². The van der Waals surface area contributed by atoms with Crippen LogP contribution in [0.3, 0.4) is 0 Å². The largest absolute Gasteiger partial charge is 0.390 e. The van der Waals surface area contributed by atoms with Crippen LogP contribution in [0.15, 0.2) is 0 Å². The van der Waals surface area contributed by atoms with Crippen LogP contribution in [0.4, 0.5) is 0 Å². The Bertz CT molecular complexity index is 160. The summed E-state index contributed by atoms with van der Waals surface area (Å²) in [6, 6.07) is 0. The van der Waals surface area contributed by atoms with E-state index >= 15 is 0 Å². The summed E-state index contributed by atoms with van der Waals surface area (Å²) in [7, 11) is 0. The van der Waals surface area contributed by atoms with Gasteiger partial charge in [-0.25, -0.2) is 0 Å². The first-order chi connectivity index (χ1) is 6.73. The van der Waals surface area contributed by atoms with Crippen LogP contribution in [0, 0.1) is 5.92 Å². The second-order valence-corrected chi connectivity index (χ2v) is 4.74. The maximum Gasteiger partial charge on any atom is 0.0687 e. The first-order valence-corrected chi connectivity index (χ1v) is 6.15. The third kappa shape index (κ3) is 2.96. The molecule has 0 saturated heterocycles. The number of hydrogen-bond donors (Lipinski definition) is 2. The highest BCUT2D eigenvalue weighted by molar-refractivity contribution is 4.90. The summed E-state index contributed by atoms with van der Waals surface area (Å²) < 4.78 is 0. The van der Waals surface area contributed by atoms with Crippen molar-refractivity contribution >= 4 is 0 Å². The van der Waals surface area contributed by atoms with Crippen LogP contribution in [-0.4, -0.2) is 17.3 Å². The summed E-state index contributed by atoms with van der Waals surface area (Å²) in [6.07, 6.45) is 9.10. The van der Waals surface area contributed by atoms with E-state index in [1.165, 1.54) is 25.7 Å². The molecule has 0 aromatic carbocycles. The molecule has 2 atom stereocenters. The zero-order valence-electron chi connectivity index (χ0n) is 9.47. The topological polar surface area (TPSA) is 46.2 Å². The van der Waals surface area contributed by atoms with Crippen molar-refractivity contribution in [2.45, 2.75) is 63.9 Å².